The van der Waals surface area contributed by atoms with Gasteiger partial charge in [0.05, 0.1) is 0 Å². The number of carboxylic acid groups (broad SMARTS) is 1. The quantitative estimate of drug-likeness (QED) is 0.114. The van der Waals surface area contributed by atoms with Crippen molar-refractivity contribution >= 4 is 41.5 Å². The van der Waals surface area contributed by atoms with Gasteiger partial charge in [-0.1, -0.05) is 88.7 Å². The largest absolute Gasteiger partial charge is 0.508 e. The van der Waals surface area contributed by atoms with E-state index in [1.165, 1.54) is 48.3 Å². The van der Waals surface area contributed by atoms with Gasteiger partial charge in [-0.05, 0) is 97.7 Å². The maximum Gasteiger partial charge on any atom is 0.326 e. The van der Waals surface area contributed by atoms with Crippen molar-refractivity contribution in [3.05, 3.63) is 95.6 Å². The number of carbonyl (C=O) groups is 7. The molecule has 1 heterocycles. The highest BCUT2D eigenvalue weighted by Crippen LogP contribution is 2.19. The highest BCUT2D eigenvalue weighted by Gasteiger charge is 2.37. The number of hydrogen-bond acceptors (Lipinski definition) is 9. The SMILES string of the molecule is CCC(C)C1NC(=O)C(CCc2ccc(O)cc2)N(C)C(=O)C(CCc2ccccc2)NC(=O)C(C(C)C)NC(=O)C(NC(=O)NC(Cc2ccc(O)cc2)C(=O)O)CCCCNC1=O. The number of nitrogens with zero attached hydrogens (tertiary/aromatic N) is 1. The Hall–Kier alpha value is -6.65. The molecule has 9 N–H and O–H groups in total. The fraction of sp³-hybridized carbons (Fsp3) is 0.479. The van der Waals surface area contributed by atoms with Crippen LogP contribution in [0.15, 0.2) is 78.9 Å². The van der Waals surface area contributed by atoms with E-state index in [1.54, 1.807) is 26.0 Å². The fourth-order valence-electron chi connectivity index (χ4n) is 7.57. The number of aromatic hydroxyl groups is 2. The lowest BCUT2D eigenvalue weighted by Gasteiger charge is -2.33. The van der Waals surface area contributed by atoms with Gasteiger partial charge in [-0.25, -0.2) is 9.59 Å². The van der Waals surface area contributed by atoms with Crippen molar-refractivity contribution in [2.24, 2.45) is 11.8 Å². The van der Waals surface area contributed by atoms with Crippen molar-refractivity contribution in [3.63, 3.8) is 0 Å². The van der Waals surface area contributed by atoms with Crippen LogP contribution in [0.2, 0.25) is 0 Å². The van der Waals surface area contributed by atoms with Crippen LogP contribution in [-0.4, -0.2) is 112 Å². The second kappa shape index (κ2) is 25.0. The maximum atomic E-state index is 14.7. The highest BCUT2D eigenvalue weighted by molar-refractivity contribution is 5.96. The Labute approximate surface area is 380 Å². The Kier molecular flexibility index (Phi) is 19.6. The van der Waals surface area contributed by atoms with Gasteiger partial charge in [0, 0.05) is 20.0 Å². The molecule has 4 rings (SSSR count). The van der Waals surface area contributed by atoms with E-state index in [0.717, 1.165) is 11.1 Å². The molecule has 0 radical (unpaired) electrons. The van der Waals surface area contributed by atoms with Gasteiger partial charge < -0.3 is 52.1 Å². The molecule has 7 unspecified atom stereocenters. The van der Waals surface area contributed by atoms with Gasteiger partial charge in [0.25, 0.3) is 0 Å². The van der Waals surface area contributed by atoms with E-state index >= 15 is 0 Å². The van der Waals surface area contributed by atoms with Gasteiger partial charge in [0.1, 0.15) is 47.8 Å². The minimum atomic E-state index is -1.40. The van der Waals surface area contributed by atoms with Crippen LogP contribution in [0.3, 0.4) is 0 Å². The Morgan fingerprint density at radius 3 is 1.91 bits per heavy atom. The molecule has 0 bridgehead atoms. The molecule has 0 spiro atoms. The zero-order valence-corrected chi connectivity index (χ0v) is 37.8. The summed E-state index contributed by atoms with van der Waals surface area (Å²) in [6.45, 7) is 7.30. The van der Waals surface area contributed by atoms with E-state index in [0.29, 0.717) is 37.7 Å². The number of benzene rings is 3. The third-order valence-electron chi connectivity index (χ3n) is 11.8. The Bertz CT molecular complexity index is 2070. The molecule has 17 heteroatoms. The zero-order valence-electron chi connectivity index (χ0n) is 37.8. The molecule has 17 nitrogen and oxygen atoms in total. The van der Waals surface area contributed by atoms with Gasteiger partial charge >= 0.3 is 12.0 Å². The number of amides is 7. The summed E-state index contributed by atoms with van der Waals surface area (Å²) in [5.41, 5.74) is 2.22. The van der Waals surface area contributed by atoms with Crippen molar-refractivity contribution in [3.8, 4) is 11.5 Å². The number of nitrogens with one attached hydrogen (secondary N) is 6. The molecule has 1 aliphatic rings. The number of phenolic OH excluding ortho intramolecular Hbond substituents is 2. The summed E-state index contributed by atoms with van der Waals surface area (Å²) in [6.07, 6.45) is 2.08. The second-order valence-electron chi connectivity index (χ2n) is 17.1. The Morgan fingerprint density at radius 2 is 1.31 bits per heavy atom. The monoisotopic (exact) mass is 899 g/mol. The molecule has 1 aliphatic heterocycles. The maximum absolute atomic E-state index is 14.7. The molecule has 7 amide bonds. The predicted molar refractivity (Wildman–Crippen MR) is 243 cm³/mol. The molecule has 1 fully saturated rings. The van der Waals surface area contributed by atoms with Crippen molar-refractivity contribution in [1.29, 1.82) is 0 Å². The zero-order chi connectivity index (χ0) is 47.6. The number of urea groups is 1. The molecule has 0 aliphatic carbocycles. The molecule has 7 atom stereocenters. The van der Waals surface area contributed by atoms with Gasteiger partial charge in [-0.15, -0.1) is 0 Å². The highest BCUT2D eigenvalue weighted by atomic mass is 16.4. The van der Waals surface area contributed by atoms with Crippen molar-refractivity contribution in [2.75, 3.05) is 13.6 Å². The standard InChI is InChI=1S/C48H65N7O10/c1-6-30(4)41-44(60)49-27-11-10-14-36(51-48(65)52-38(47(63)64)28-33-17-23-35(57)24-18-33)42(58)53-40(29(2)3)45(61)50-37(25-19-31-12-8-7-9-13-31)46(62)55(5)39(43(59)54-41)26-20-32-15-21-34(56)22-16-32/h7-9,12-13,15-18,21-24,29-30,36-41,56-57H,6,10-11,14,19-20,25-28H2,1-5H3,(H,49,60)(H,50,61)(H,53,58)(H,54,59)(H,63,64)(H2,51,52,65). The molecule has 65 heavy (non-hydrogen) atoms. The molecule has 352 valence electrons. The van der Waals surface area contributed by atoms with Gasteiger partial charge in [-0.2, -0.15) is 0 Å². The molecular formula is C48H65N7O10. The van der Waals surface area contributed by atoms with Gasteiger partial charge in [0.15, 0.2) is 0 Å². The van der Waals surface area contributed by atoms with Crippen molar-refractivity contribution < 1.29 is 48.9 Å². The number of phenols is 2. The Morgan fingerprint density at radius 1 is 0.723 bits per heavy atom. The number of carbonyl (C=O) groups excluding carboxylic acids is 6. The molecule has 0 saturated carbocycles. The van der Waals surface area contributed by atoms with E-state index in [4.69, 9.17) is 0 Å². The number of carboxylic acids is 1. The van der Waals surface area contributed by atoms with Crippen LogP contribution in [0.5, 0.6) is 11.5 Å². The molecule has 3 aromatic carbocycles. The first kappa shape index (κ1) is 51.0. The van der Waals surface area contributed by atoms with Gasteiger partial charge in [-0.3, -0.25) is 24.0 Å². The molecule has 0 aromatic heterocycles. The summed E-state index contributed by atoms with van der Waals surface area (Å²) in [5, 5.41) is 45.9. The van der Waals surface area contributed by atoms with Crippen LogP contribution < -0.4 is 31.9 Å². The minimum absolute atomic E-state index is 0.0117. The smallest absolute Gasteiger partial charge is 0.326 e. The lowest BCUT2D eigenvalue weighted by Crippen LogP contribution is -2.61. The lowest BCUT2D eigenvalue weighted by molar-refractivity contribution is -0.143. The average molecular weight is 900 g/mol. The fourth-order valence-corrected chi connectivity index (χ4v) is 7.57. The number of aryl methyl sites for hydroxylation is 2. The van der Waals surface area contributed by atoms with Crippen molar-refractivity contribution in [1.82, 2.24) is 36.8 Å². The van der Waals surface area contributed by atoms with E-state index in [1.807, 2.05) is 44.2 Å². The summed E-state index contributed by atoms with van der Waals surface area (Å²) < 4.78 is 0. The van der Waals surface area contributed by atoms with E-state index in [-0.39, 0.29) is 49.6 Å². The third-order valence-corrected chi connectivity index (χ3v) is 11.8. The van der Waals surface area contributed by atoms with Crippen LogP contribution in [-0.2, 0) is 48.0 Å². The number of hydrogen-bond donors (Lipinski definition) is 9. The minimum Gasteiger partial charge on any atom is -0.508 e. The predicted octanol–water partition coefficient (Wildman–Crippen LogP) is 3.31. The molecular weight excluding hydrogens is 835 g/mol. The third kappa shape index (κ3) is 15.8. The number of likely N-dealkylation sites (N-methyl/N-ethyl adjacent to an activating group) is 1. The summed E-state index contributed by atoms with van der Waals surface area (Å²) >= 11 is 0. The summed E-state index contributed by atoms with van der Waals surface area (Å²) in [4.78, 5) is 98.1. The van der Waals surface area contributed by atoms with Crippen LogP contribution in [0.1, 0.15) is 82.9 Å². The topological polar surface area (TPSA) is 256 Å². The molecule has 1 saturated heterocycles. The van der Waals surface area contributed by atoms with E-state index < -0.39 is 83.7 Å². The summed E-state index contributed by atoms with van der Waals surface area (Å²) in [5.74, 6) is -5.06. The first-order valence-electron chi connectivity index (χ1n) is 22.3. The van der Waals surface area contributed by atoms with Crippen LogP contribution in [0.4, 0.5) is 4.79 Å². The van der Waals surface area contributed by atoms with E-state index in [2.05, 4.69) is 31.9 Å². The normalized spacial score (nSPS) is 21.6. The van der Waals surface area contributed by atoms with Crippen LogP contribution in [0, 0.1) is 11.8 Å². The van der Waals surface area contributed by atoms with Crippen molar-refractivity contribution in [2.45, 2.75) is 122 Å². The average Bonchev–Trinajstić information content (AvgIpc) is 3.28. The van der Waals surface area contributed by atoms with E-state index in [9.17, 15) is 48.9 Å². The van der Waals surface area contributed by atoms with Gasteiger partial charge in [0.2, 0.25) is 29.5 Å². The summed E-state index contributed by atoms with van der Waals surface area (Å²) in [6, 6.07) is 13.6. The van der Waals surface area contributed by atoms with Crippen LogP contribution >= 0.6 is 0 Å². The first-order valence-corrected chi connectivity index (χ1v) is 22.3. The molecule has 3 aromatic rings. The van der Waals surface area contributed by atoms with Crippen LogP contribution in [0.25, 0.3) is 0 Å². The Balaban J connectivity index is 1.68. The lowest BCUT2D eigenvalue weighted by atomic mass is 9.96. The first-order chi connectivity index (χ1) is 31.0. The second-order valence-corrected chi connectivity index (χ2v) is 17.1. The number of rotatable bonds is 14. The number of aliphatic carboxylic acids is 1. The summed E-state index contributed by atoms with van der Waals surface area (Å²) in [7, 11) is 1.48.